The lowest BCUT2D eigenvalue weighted by Crippen LogP contribution is -2.48. The van der Waals surface area contributed by atoms with Crippen molar-refractivity contribution in [2.45, 2.75) is 70.8 Å². The summed E-state index contributed by atoms with van der Waals surface area (Å²) in [4.78, 5) is 11.7. The molecule has 0 radical (unpaired) electrons. The standard InChI is InChI=1S/C19H26O2/c1-18-9-7-15-14-6-4-13(20)11-12(14)3-5-16(15)17(18)8-10-19(18,2)21/h11,16-17,21H,3-10H2,1-2H3/t16?,17?,18?,19-/m0/s1. The molecule has 0 amide bonds. The molecule has 0 saturated heterocycles. The highest BCUT2D eigenvalue weighted by Gasteiger charge is 2.58. The van der Waals surface area contributed by atoms with Gasteiger partial charge in [0.05, 0.1) is 5.60 Å². The van der Waals surface area contributed by atoms with Crippen LogP contribution < -0.4 is 0 Å². The molecule has 3 unspecified atom stereocenters. The molecule has 114 valence electrons. The number of aliphatic hydroxyl groups is 1. The quantitative estimate of drug-likeness (QED) is 0.732. The topological polar surface area (TPSA) is 37.3 Å². The Morgan fingerprint density at radius 1 is 1.10 bits per heavy atom. The van der Waals surface area contributed by atoms with Gasteiger partial charge in [-0.25, -0.2) is 0 Å². The van der Waals surface area contributed by atoms with Crippen LogP contribution in [-0.4, -0.2) is 16.5 Å². The number of ketones is 1. The van der Waals surface area contributed by atoms with Crippen molar-refractivity contribution in [3.05, 3.63) is 22.8 Å². The maximum atomic E-state index is 11.7. The molecular formula is C19H26O2. The number of rotatable bonds is 0. The summed E-state index contributed by atoms with van der Waals surface area (Å²) < 4.78 is 0. The summed E-state index contributed by atoms with van der Waals surface area (Å²) in [5, 5.41) is 10.8. The summed E-state index contributed by atoms with van der Waals surface area (Å²) in [5.41, 5.74) is 4.12. The molecule has 4 aliphatic carbocycles. The Kier molecular flexibility index (Phi) is 2.83. The zero-order valence-corrected chi connectivity index (χ0v) is 13.2. The fraction of sp³-hybridized carbons (Fsp3) is 0.737. The molecule has 4 aliphatic rings. The van der Waals surface area contributed by atoms with Crippen LogP contribution in [0.15, 0.2) is 22.8 Å². The van der Waals surface area contributed by atoms with E-state index in [0.29, 0.717) is 24.0 Å². The van der Waals surface area contributed by atoms with Crippen LogP contribution in [0.5, 0.6) is 0 Å². The summed E-state index contributed by atoms with van der Waals surface area (Å²) in [7, 11) is 0. The van der Waals surface area contributed by atoms with Gasteiger partial charge in [0.2, 0.25) is 0 Å². The number of hydrogen-bond acceptors (Lipinski definition) is 2. The second-order valence-corrected chi connectivity index (χ2v) is 8.12. The minimum absolute atomic E-state index is 0.0907. The Balaban J connectivity index is 1.75. The van der Waals surface area contributed by atoms with E-state index in [1.807, 2.05) is 6.08 Å². The van der Waals surface area contributed by atoms with Gasteiger partial charge in [-0.15, -0.1) is 0 Å². The van der Waals surface area contributed by atoms with Gasteiger partial charge in [0.15, 0.2) is 5.78 Å². The maximum Gasteiger partial charge on any atom is 0.156 e. The smallest absolute Gasteiger partial charge is 0.156 e. The predicted molar refractivity (Wildman–Crippen MR) is 82.8 cm³/mol. The molecule has 21 heavy (non-hydrogen) atoms. The highest BCUT2D eigenvalue weighted by Crippen LogP contribution is 2.63. The van der Waals surface area contributed by atoms with Gasteiger partial charge in [0.1, 0.15) is 0 Å². The van der Waals surface area contributed by atoms with Gasteiger partial charge in [0.25, 0.3) is 0 Å². The van der Waals surface area contributed by atoms with Crippen LogP contribution in [0, 0.1) is 17.3 Å². The molecule has 1 N–H and O–H groups in total. The fourth-order valence-corrected chi connectivity index (χ4v) is 5.78. The van der Waals surface area contributed by atoms with E-state index in [-0.39, 0.29) is 5.41 Å². The number of fused-ring (bicyclic) bond motifs is 4. The minimum atomic E-state index is -0.494. The van der Waals surface area contributed by atoms with E-state index >= 15 is 0 Å². The van der Waals surface area contributed by atoms with Gasteiger partial charge in [-0.1, -0.05) is 12.5 Å². The molecular weight excluding hydrogens is 260 g/mol. The van der Waals surface area contributed by atoms with E-state index in [4.69, 9.17) is 0 Å². The summed E-state index contributed by atoms with van der Waals surface area (Å²) >= 11 is 0. The summed E-state index contributed by atoms with van der Waals surface area (Å²) in [5.74, 6) is 1.62. The Labute approximate surface area is 127 Å². The van der Waals surface area contributed by atoms with E-state index in [1.165, 1.54) is 24.0 Å². The average molecular weight is 286 g/mol. The van der Waals surface area contributed by atoms with Crippen molar-refractivity contribution >= 4 is 5.78 Å². The molecule has 4 atom stereocenters. The average Bonchev–Trinajstić information content (AvgIpc) is 2.69. The number of carbonyl (C=O) groups is 1. The molecule has 0 aromatic heterocycles. The van der Waals surface area contributed by atoms with E-state index in [9.17, 15) is 9.90 Å². The molecule has 2 saturated carbocycles. The van der Waals surface area contributed by atoms with Gasteiger partial charge in [-0.3, -0.25) is 4.79 Å². The van der Waals surface area contributed by atoms with Crippen LogP contribution in [0.4, 0.5) is 0 Å². The molecule has 0 spiro atoms. The normalized spacial score (nSPS) is 45.9. The van der Waals surface area contributed by atoms with E-state index in [1.54, 1.807) is 5.57 Å². The lowest BCUT2D eigenvalue weighted by Gasteiger charge is -2.51. The lowest BCUT2D eigenvalue weighted by atomic mass is 9.55. The predicted octanol–water partition coefficient (Wildman–Crippen LogP) is 3.94. The van der Waals surface area contributed by atoms with Crippen molar-refractivity contribution in [2.75, 3.05) is 0 Å². The van der Waals surface area contributed by atoms with Gasteiger partial charge < -0.3 is 5.11 Å². The molecule has 4 rings (SSSR count). The molecule has 0 aromatic carbocycles. The minimum Gasteiger partial charge on any atom is -0.390 e. The Morgan fingerprint density at radius 2 is 1.90 bits per heavy atom. The number of carbonyl (C=O) groups excluding carboxylic acids is 1. The van der Waals surface area contributed by atoms with Crippen LogP contribution in [0.1, 0.15) is 65.2 Å². The number of allylic oxidation sites excluding steroid dienone is 4. The summed E-state index contributed by atoms with van der Waals surface area (Å²) in [6, 6.07) is 0. The van der Waals surface area contributed by atoms with Gasteiger partial charge in [-0.2, -0.15) is 0 Å². The lowest BCUT2D eigenvalue weighted by molar-refractivity contribution is -0.114. The van der Waals surface area contributed by atoms with E-state index < -0.39 is 5.60 Å². The molecule has 2 nitrogen and oxygen atoms in total. The second kappa shape index (κ2) is 4.32. The summed E-state index contributed by atoms with van der Waals surface area (Å²) in [6.45, 7) is 4.38. The maximum absolute atomic E-state index is 11.7. The first kappa shape index (κ1) is 13.8. The Hall–Kier alpha value is -0.890. The van der Waals surface area contributed by atoms with Crippen molar-refractivity contribution in [2.24, 2.45) is 17.3 Å². The first-order chi connectivity index (χ1) is 9.92. The molecule has 0 heterocycles. The van der Waals surface area contributed by atoms with Crippen LogP contribution >= 0.6 is 0 Å². The Bertz CT molecular complexity index is 566. The molecule has 0 aliphatic heterocycles. The fourth-order valence-electron chi connectivity index (χ4n) is 5.78. The molecule has 0 aromatic rings. The van der Waals surface area contributed by atoms with E-state index in [2.05, 4.69) is 13.8 Å². The first-order valence-corrected chi connectivity index (χ1v) is 8.60. The SMILES string of the molecule is CC12CCC3=C4CCC(=O)C=C4CCC3C1CC[C@]2(C)O. The van der Waals surface area contributed by atoms with Crippen LogP contribution in [0.25, 0.3) is 0 Å². The third kappa shape index (κ3) is 1.78. The highest BCUT2D eigenvalue weighted by atomic mass is 16.3. The van der Waals surface area contributed by atoms with Crippen molar-refractivity contribution < 1.29 is 9.90 Å². The Morgan fingerprint density at radius 3 is 2.71 bits per heavy atom. The van der Waals surface area contributed by atoms with E-state index in [0.717, 1.165) is 32.1 Å². The first-order valence-electron chi connectivity index (χ1n) is 8.60. The molecule has 2 fully saturated rings. The molecule has 0 bridgehead atoms. The third-order valence-corrected chi connectivity index (χ3v) is 7.29. The van der Waals surface area contributed by atoms with Crippen molar-refractivity contribution in [3.63, 3.8) is 0 Å². The van der Waals surface area contributed by atoms with Gasteiger partial charge in [-0.05, 0) is 86.3 Å². The molecule has 2 heteroatoms. The van der Waals surface area contributed by atoms with Crippen LogP contribution in [0.2, 0.25) is 0 Å². The highest BCUT2D eigenvalue weighted by molar-refractivity contribution is 5.93. The monoisotopic (exact) mass is 286 g/mol. The largest absolute Gasteiger partial charge is 0.390 e. The van der Waals surface area contributed by atoms with Crippen molar-refractivity contribution in [1.29, 1.82) is 0 Å². The van der Waals surface area contributed by atoms with Crippen molar-refractivity contribution in [3.8, 4) is 0 Å². The third-order valence-electron chi connectivity index (χ3n) is 7.29. The second-order valence-electron chi connectivity index (χ2n) is 8.12. The van der Waals surface area contributed by atoms with Crippen LogP contribution in [-0.2, 0) is 4.79 Å². The zero-order valence-electron chi connectivity index (χ0n) is 13.2. The van der Waals surface area contributed by atoms with Gasteiger partial charge in [0, 0.05) is 6.42 Å². The van der Waals surface area contributed by atoms with Crippen LogP contribution in [0.3, 0.4) is 0 Å². The zero-order chi connectivity index (χ0) is 14.8. The number of hydrogen-bond donors (Lipinski definition) is 1. The van der Waals surface area contributed by atoms with Crippen molar-refractivity contribution in [1.82, 2.24) is 0 Å². The summed E-state index contributed by atoms with van der Waals surface area (Å²) in [6.07, 6.45) is 10.2. The van der Waals surface area contributed by atoms with Gasteiger partial charge >= 0.3 is 0 Å².